The first-order valence-electron chi connectivity index (χ1n) is 8.48. The molecule has 126 valence electrons. The fourth-order valence-corrected chi connectivity index (χ4v) is 2.94. The standard InChI is InChI=1S/C19H24N4O/c1-13-6-7-16(10-14(13)2)19(24)20-12-17-21-15(3)11-18(22-17)23-8-4-5-9-23/h6-7,10-11H,4-5,8-9,12H2,1-3H3,(H,20,24). The highest BCUT2D eigenvalue weighted by atomic mass is 16.1. The van der Waals surface area contributed by atoms with Crippen LogP contribution in [0.5, 0.6) is 0 Å². The molecule has 0 unspecified atom stereocenters. The Hall–Kier alpha value is -2.43. The minimum atomic E-state index is -0.0917. The van der Waals surface area contributed by atoms with E-state index in [-0.39, 0.29) is 5.91 Å². The van der Waals surface area contributed by atoms with Gasteiger partial charge in [-0.3, -0.25) is 4.79 Å². The molecule has 1 aromatic heterocycles. The first-order valence-corrected chi connectivity index (χ1v) is 8.48. The highest BCUT2D eigenvalue weighted by Gasteiger charge is 2.15. The Kier molecular flexibility index (Phi) is 4.79. The zero-order valence-electron chi connectivity index (χ0n) is 14.6. The molecule has 1 N–H and O–H groups in total. The van der Waals surface area contributed by atoms with Crippen LogP contribution >= 0.6 is 0 Å². The van der Waals surface area contributed by atoms with Crippen molar-refractivity contribution in [3.8, 4) is 0 Å². The zero-order valence-corrected chi connectivity index (χ0v) is 14.6. The number of rotatable bonds is 4. The molecule has 0 spiro atoms. The van der Waals surface area contributed by atoms with Gasteiger partial charge in [-0.2, -0.15) is 0 Å². The fourth-order valence-electron chi connectivity index (χ4n) is 2.94. The number of hydrogen-bond donors (Lipinski definition) is 1. The number of anilines is 1. The number of nitrogens with one attached hydrogen (secondary N) is 1. The topological polar surface area (TPSA) is 58.1 Å². The summed E-state index contributed by atoms with van der Waals surface area (Å²) in [5.41, 5.74) is 3.91. The van der Waals surface area contributed by atoms with E-state index in [1.807, 2.05) is 45.0 Å². The van der Waals surface area contributed by atoms with Gasteiger partial charge in [0, 0.05) is 30.4 Å². The third kappa shape index (κ3) is 3.72. The minimum Gasteiger partial charge on any atom is -0.357 e. The van der Waals surface area contributed by atoms with Gasteiger partial charge in [-0.05, 0) is 56.9 Å². The molecule has 24 heavy (non-hydrogen) atoms. The Bertz CT molecular complexity index is 751. The zero-order chi connectivity index (χ0) is 17.1. The third-order valence-electron chi connectivity index (χ3n) is 4.49. The van der Waals surface area contributed by atoms with Gasteiger partial charge in [0.05, 0.1) is 6.54 Å². The molecular weight excluding hydrogens is 300 g/mol. The lowest BCUT2D eigenvalue weighted by Crippen LogP contribution is -2.25. The van der Waals surface area contributed by atoms with Crippen LogP contribution in [0.25, 0.3) is 0 Å². The van der Waals surface area contributed by atoms with Gasteiger partial charge in [-0.25, -0.2) is 9.97 Å². The van der Waals surface area contributed by atoms with Crippen molar-refractivity contribution in [1.82, 2.24) is 15.3 Å². The molecule has 1 amide bonds. The Morgan fingerprint density at radius 3 is 2.54 bits per heavy atom. The van der Waals surface area contributed by atoms with Crippen LogP contribution in [0.4, 0.5) is 5.82 Å². The average Bonchev–Trinajstić information content (AvgIpc) is 3.09. The Morgan fingerprint density at radius 1 is 1.08 bits per heavy atom. The summed E-state index contributed by atoms with van der Waals surface area (Å²) in [6, 6.07) is 7.75. The molecule has 0 aliphatic carbocycles. The molecule has 3 rings (SSSR count). The predicted octanol–water partition coefficient (Wildman–Crippen LogP) is 2.93. The molecule has 0 saturated carbocycles. The number of carbonyl (C=O) groups excluding carboxylic acids is 1. The van der Waals surface area contributed by atoms with Gasteiger partial charge in [0.15, 0.2) is 0 Å². The SMILES string of the molecule is Cc1cc(N2CCCC2)nc(CNC(=O)c2ccc(C)c(C)c2)n1. The Morgan fingerprint density at radius 2 is 1.83 bits per heavy atom. The largest absolute Gasteiger partial charge is 0.357 e. The van der Waals surface area contributed by atoms with Crippen LogP contribution in [-0.2, 0) is 6.54 Å². The number of amides is 1. The van der Waals surface area contributed by atoms with E-state index in [2.05, 4.69) is 20.2 Å². The summed E-state index contributed by atoms with van der Waals surface area (Å²) in [7, 11) is 0. The van der Waals surface area contributed by atoms with Crippen molar-refractivity contribution in [2.24, 2.45) is 0 Å². The van der Waals surface area contributed by atoms with Crippen LogP contribution in [0.15, 0.2) is 24.3 Å². The lowest BCUT2D eigenvalue weighted by molar-refractivity contribution is 0.0949. The van der Waals surface area contributed by atoms with E-state index in [1.54, 1.807) is 0 Å². The van der Waals surface area contributed by atoms with Gasteiger partial charge in [-0.15, -0.1) is 0 Å². The maximum Gasteiger partial charge on any atom is 0.251 e. The van der Waals surface area contributed by atoms with Crippen LogP contribution in [0.2, 0.25) is 0 Å². The van der Waals surface area contributed by atoms with Crippen molar-refractivity contribution in [3.05, 3.63) is 52.5 Å². The normalized spacial score (nSPS) is 14.0. The molecule has 2 aromatic rings. The summed E-state index contributed by atoms with van der Waals surface area (Å²) < 4.78 is 0. The first kappa shape index (κ1) is 16.4. The number of aromatic nitrogens is 2. The average molecular weight is 324 g/mol. The van der Waals surface area contributed by atoms with E-state index in [0.29, 0.717) is 17.9 Å². The van der Waals surface area contributed by atoms with Crippen molar-refractivity contribution in [3.63, 3.8) is 0 Å². The van der Waals surface area contributed by atoms with Gasteiger partial charge >= 0.3 is 0 Å². The van der Waals surface area contributed by atoms with E-state index in [0.717, 1.165) is 30.2 Å². The first-order chi connectivity index (χ1) is 11.5. The highest BCUT2D eigenvalue weighted by molar-refractivity contribution is 5.94. The van der Waals surface area contributed by atoms with Gasteiger partial charge in [0.2, 0.25) is 0 Å². The van der Waals surface area contributed by atoms with E-state index >= 15 is 0 Å². The predicted molar refractivity (Wildman–Crippen MR) is 95.3 cm³/mol. The second kappa shape index (κ2) is 6.99. The maximum absolute atomic E-state index is 12.3. The van der Waals surface area contributed by atoms with E-state index in [1.165, 1.54) is 18.4 Å². The molecule has 1 fully saturated rings. The third-order valence-corrected chi connectivity index (χ3v) is 4.49. The molecule has 1 aromatic carbocycles. The Labute approximate surface area is 143 Å². The van der Waals surface area contributed by atoms with Crippen molar-refractivity contribution in [2.75, 3.05) is 18.0 Å². The maximum atomic E-state index is 12.3. The number of hydrogen-bond acceptors (Lipinski definition) is 4. The Balaban J connectivity index is 1.69. The molecule has 1 aliphatic rings. The summed E-state index contributed by atoms with van der Waals surface area (Å²) in [5, 5.41) is 2.92. The molecule has 5 heteroatoms. The number of carbonyl (C=O) groups is 1. The fraction of sp³-hybridized carbons (Fsp3) is 0.421. The smallest absolute Gasteiger partial charge is 0.251 e. The summed E-state index contributed by atoms with van der Waals surface area (Å²) in [5.74, 6) is 1.54. The van der Waals surface area contributed by atoms with Crippen LogP contribution in [0.1, 0.15) is 45.8 Å². The highest BCUT2D eigenvalue weighted by Crippen LogP contribution is 2.18. The van der Waals surface area contributed by atoms with Crippen molar-refractivity contribution in [1.29, 1.82) is 0 Å². The molecule has 0 bridgehead atoms. The minimum absolute atomic E-state index is 0.0917. The number of nitrogens with zero attached hydrogens (tertiary/aromatic N) is 3. The van der Waals surface area contributed by atoms with Crippen LogP contribution in [-0.4, -0.2) is 29.0 Å². The molecule has 1 aliphatic heterocycles. The van der Waals surface area contributed by atoms with Gasteiger partial charge in [0.1, 0.15) is 11.6 Å². The van der Waals surface area contributed by atoms with Gasteiger partial charge in [0.25, 0.3) is 5.91 Å². The van der Waals surface area contributed by atoms with E-state index in [4.69, 9.17) is 0 Å². The van der Waals surface area contributed by atoms with Crippen LogP contribution in [0.3, 0.4) is 0 Å². The number of benzene rings is 1. The molecule has 5 nitrogen and oxygen atoms in total. The number of aryl methyl sites for hydroxylation is 3. The quantitative estimate of drug-likeness (QED) is 0.939. The monoisotopic (exact) mass is 324 g/mol. The summed E-state index contributed by atoms with van der Waals surface area (Å²) in [6.07, 6.45) is 2.42. The summed E-state index contributed by atoms with van der Waals surface area (Å²) >= 11 is 0. The van der Waals surface area contributed by atoms with E-state index < -0.39 is 0 Å². The van der Waals surface area contributed by atoms with Crippen molar-refractivity contribution >= 4 is 11.7 Å². The lowest BCUT2D eigenvalue weighted by atomic mass is 10.1. The summed E-state index contributed by atoms with van der Waals surface area (Å²) in [4.78, 5) is 23.7. The summed E-state index contributed by atoms with van der Waals surface area (Å²) in [6.45, 7) is 8.45. The molecule has 2 heterocycles. The van der Waals surface area contributed by atoms with Crippen LogP contribution in [0, 0.1) is 20.8 Å². The van der Waals surface area contributed by atoms with Crippen LogP contribution < -0.4 is 10.2 Å². The lowest BCUT2D eigenvalue weighted by Gasteiger charge is -2.17. The van der Waals surface area contributed by atoms with Gasteiger partial charge < -0.3 is 10.2 Å². The van der Waals surface area contributed by atoms with Crippen molar-refractivity contribution < 1.29 is 4.79 Å². The van der Waals surface area contributed by atoms with Gasteiger partial charge in [-0.1, -0.05) is 6.07 Å². The molecular formula is C19H24N4O. The second-order valence-corrected chi connectivity index (χ2v) is 6.46. The molecule has 0 atom stereocenters. The second-order valence-electron chi connectivity index (χ2n) is 6.46. The molecule has 0 radical (unpaired) electrons. The van der Waals surface area contributed by atoms with E-state index in [9.17, 15) is 4.79 Å². The van der Waals surface area contributed by atoms with Crippen molar-refractivity contribution in [2.45, 2.75) is 40.2 Å². The molecule has 1 saturated heterocycles.